The number of benzene rings is 5. The second kappa shape index (κ2) is 11.8. The maximum Gasteiger partial charge on any atom is 0.148 e. The summed E-state index contributed by atoms with van der Waals surface area (Å²) in [4.78, 5) is 10.0. The third kappa shape index (κ3) is 5.38. The molecule has 0 spiro atoms. The van der Waals surface area contributed by atoms with Crippen LogP contribution in [0.3, 0.4) is 0 Å². The molecule has 5 aromatic carbocycles. The maximum absolute atomic E-state index is 10.9. The molecule has 5 heteroatoms. The first kappa shape index (κ1) is 30.5. The summed E-state index contributed by atoms with van der Waals surface area (Å²) in [5.41, 5.74) is 12.2. The van der Waals surface area contributed by atoms with E-state index in [1.807, 2.05) is 24.4 Å². The smallest absolute Gasteiger partial charge is 0.148 e. The molecule has 0 atom stereocenters. The molecule has 0 unspecified atom stereocenters. The molecule has 0 aliphatic heterocycles. The van der Waals surface area contributed by atoms with Gasteiger partial charge in [0.2, 0.25) is 0 Å². The van der Waals surface area contributed by atoms with Crippen molar-refractivity contribution in [2.75, 3.05) is 0 Å². The molecule has 0 radical (unpaired) electrons. The van der Waals surface area contributed by atoms with Crippen LogP contribution in [0, 0.1) is 19.9 Å². The maximum atomic E-state index is 10.9. The molecule has 2 heterocycles. The average molecular weight is 768 g/mol. The molecule has 226 valence electrons. The van der Waals surface area contributed by atoms with Crippen LogP contribution in [0.2, 0.25) is 0 Å². The van der Waals surface area contributed by atoms with Gasteiger partial charge < -0.3 is 5.11 Å². The third-order valence-electron chi connectivity index (χ3n) is 8.52. The van der Waals surface area contributed by atoms with E-state index in [4.69, 9.17) is 9.97 Å². The van der Waals surface area contributed by atoms with Gasteiger partial charge in [-0.1, -0.05) is 86.0 Å². The number of phenols is 1. The molecule has 0 fully saturated rings. The number of imidazole rings is 1. The summed E-state index contributed by atoms with van der Waals surface area (Å²) in [6, 6.07) is 38.7. The number of hydrogen-bond donors (Lipinski definition) is 1. The molecular weight excluding hydrogens is 734 g/mol. The SMILES string of the molecule is Cc1ccc2c(C)ccnc2c1-c1[c-]c(-c2cccc3c2nc(-c2ccccc2O)n3-c2ccc(C(C)(C)C)cc2)ccc1.[Pt]. The molecule has 7 aromatic rings. The minimum atomic E-state index is 0. The Morgan fingerprint density at radius 3 is 2.16 bits per heavy atom. The van der Waals surface area contributed by atoms with E-state index in [0.29, 0.717) is 11.4 Å². The number of aryl methyl sites for hydroxylation is 2. The van der Waals surface area contributed by atoms with Gasteiger partial charge in [0, 0.05) is 38.5 Å². The van der Waals surface area contributed by atoms with Crippen LogP contribution in [0.4, 0.5) is 0 Å². The van der Waals surface area contributed by atoms with Gasteiger partial charge in [-0.25, -0.2) is 4.98 Å². The van der Waals surface area contributed by atoms with Crippen molar-refractivity contribution < 1.29 is 26.2 Å². The molecule has 4 nitrogen and oxygen atoms in total. The van der Waals surface area contributed by atoms with Crippen LogP contribution in [-0.4, -0.2) is 19.6 Å². The van der Waals surface area contributed by atoms with Crippen molar-refractivity contribution in [1.29, 1.82) is 0 Å². The van der Waals surface area contributed by atoms with Crippen LogP contribution in [0.25, 0.3) is 61.3 Å². The fourth-order valence-corrected chi connectivity index (χ4v) is 6.10. The van der Waals surface area contributed by atoms with Crippen LogP contribution in [-0.2, 0) is 26.5 Å². The summed E-state index contributed by atoms with van der Waals surface area (Å²) in [5, 5.41) is 12.1. The van der Waals surface area contributed by atoms with Crippen molar-refractivity contribution >= 4 is 21.9 Å². The summed E-state index contributed by atoms with van der Waals surface area (Å²) in [7, 11) is 0. The molecule has 1 N–H and O–H groups in total. The van der Waals surface area contributed by atoms with Crippen molar-refractivity contribution in [2.45, 2.75) is 40.0 Å². The Bertz CT molecular complexity index is 2190. The van der Waals surface area contributed by atoms with E-state index in [-0.39, 0.29) is 32.2 Å². The fourth-order valence-electron chi connectivity index (χ4n) is 6.10. The van der Waals surface area contributed by atoms with E-state index in [9.17, 15) is 5.11 Å². The predicted octanol–water partition coefficient (Wildman–Crippen LogP) is 9.99. The van der Waals surface area contributed by atoms with E-state index < -0.39 is 0 Å². The summed E-state index contributed by atoms with van der Waals surface area (Å²) >= 11 is 0. The Hall–Kier alpha value is -4.53. The van der Waals surface area contributed by atoms with Crippen LogP contribution >= 0.6 is 0 Å². The van der Waals surface area contributed by atoms with Crippen molar-refractivity contribution in [2.24, 2.45) is 0 Å². The largest absolute Gasteiger partial charge is 0.507 e. The van der Waals surface area contributed by atoms with Gasteiger partial charge in [0.1, 0.15) is 11.6 Å². The van der Waals surface area contributed by atoms with Crippen LogP contribution in [0.1, 0.15) is 37.5 Å². The van der Waals surface area contributed by atoms with Crippen molar-refractivity contribution in [3.05, 3.63) is 132 Å². The number of hydrogen-bond acceptors (Lipinski definition) is 3. The number of pyridine rings is 1. The molecule has 0 saturated carbocycles. The molecule has 2 aromatic heterocycles. The van der Waals surface area contributed by atoms with E-state index in [1.165, 1.54) is 11.1 Å². The van der Waals surface area contributed by atoms with E-state index in [0.717, 1.165) is 55.4 Å². The zero-order valence-corrected chi connectivity index (χ0v) is 28.3. The van der Waals surface area contributed by atoms with Crippen LogP contribution in [0.5, 0.6) is 5.75 Å². The number of aromatic hydroxyl groups is 1. The number of phenolic OH excluding ortho intramolecular Hbond substituents is 1. The Kier molecular flexibility index (Phi) is 7.97. The Labute approximate surface area is 278 Å². The fraction of sp³-hybridized carbons (Fsp3) is 0.150. The summed E-state index contributed by atoms with van der Waals surface area (Å²) in [6.07, 6.45) is 1.88. The zero-order chi connectivity index (χ0) is 30.6. The minimum Gasteiger partial charge on any atom is -0.507 e. The number of fused-ring (bicyclic) bond motifs is 2. The van der Waals surface area contributed by atoms with E-state index >= 15 is 0 Å². The van der Waals surface area contributed by atoms with Gasteiger partial charge in [0.25, 0.3) is 0 Å². The van der Waals surface area contributed by atoms with Gasteiger partial charge in [0.05, 0.1) is 16.6 Å². The zero-order valence-electron chi connectivity index (χ0n) is 26.0. The number of para-hydroxylation sites is 2. The van der Waals surface area contributed by atoms with Gasteiger partial charge in [0.15, 0.2) is 0 Å². The first-order valence-corrected chi connectivity index (χ1v) is 15.0. The molecule has 0 amide bonds. The Morgan fingerprint density at radius 1 is 0.689 bits per heavy atom. The number of rotatable bonds is 4. The third-order valence-corrected chi connectivity index (χ3v) is 8.52. The normalized spacial score (nSPS) is 11.6. The predicted molar refractivity (Wildman–Crippen MR) is 181 cm³/mol. The second-order valence-corrected chi connectivity index (χ2v) is 12.5. The first-order valence-electron chi connectivity index (χ1n) is 15.0. The average Bonchev–Trinajstić information content (AvgIpc) is 3.40. The number of nitrogens with zero attached hydrogens (tertiary/aromatic N) is 3. The molecule has 0 aliphatic carbocycles. The Morgan fingerprint density at radius 2 is 1.40 bits per heavy atom. The second-order valence-electron chi connectivity index (χ2n) is 12.5. The molecule has 0 saturated heterocycles. The molecule has 0 bridgehead atoms. The molecular formula is C40H34N3OPt-. The van der Waals surface area contributed by atoms with E-state index in [1.54, 1.807) is 6.07 Å². The Balaban J connectivity index is 0.00000357. The topological polar surface area (TPSA) is 50.9 Å². The van der Waals surface area contributed by atoms with Gasteiger partial charge >= 0.3 is 0 Å². The van der Waals surface area contributed by atoms with Gasteiger partial charge in [-0.15, -0.1) is 35.4 Å². The summed E-state index contributed by atoms with van der Waals surface area (Å²) in [6.45, 7) is 10.9. The monoisotopic (exact) mass is 767 g/mol. The van der Waals surface area contributed by atoms with Crippen molar-refractivity contribution in [1.82, 2.24) is 14.5 Å². The van der Waals surface area contributed by atoms with E-state index in [2.05, 4.69) is 124 Å². The molecule has 7 rings (SSSR count). The summed E-state index contributed by atoms with van der Waals surface area (Å²) in [5.74, 6) is 0.884. The van der Waals surface area contributed by atoms with Gasteiger partial charge in [-0.2, -0.15) is 0 Å². The van der Waals surface area contributed by atoms with Crippen molar-refractivity contribution in [3.63, 3.8) is 0 Å². The quantitative estimate of drug-likeness (QED) is 0.182. The van der Waals surface area contributed by atoms with Gasteiger partial charge in [-0.3, -0.25) is 9.55 Å². The number of aromatic nitrogens is 3. The standard InChI is InChI=1S/C40H34N3O.Pt/c1-25-22-23-41-38-31(25)21-16-26(2)36(38)28-11-8-10-27(24-28)32-13-9-14-34-37(32)42-39(33-12-6-7-15-35(33)44)43(34)30-19-17-29(18-20-30)40(3,4)5;/h6-23,44H,1-5H3;/q-1;. The van der Waals surface area contributed by atoms with Gasteiger partial charge in [-0.05, 0) is 72.2 Å². The summed E-state index contributed by atoms with van der Waals surface area (Å²) < 4.78 is 2.14. The van der Waals surface area contributed by atoms with Crippen LogP contribution in [0.15, 0.2) is 109 Å². The molecule has 0 aliphatic rings. The van der Waals surface area contributed by atoms with Crippen LogP contribution < -0.4 is 0 Å². The van der Waals surface area contributed by atoms with Crippen molar-refractivity contribution in [3.8, 4) is 45.1 Å². The first-order chi connectivity index (χ1) is 21.2. The minimum absolute atomic E-state index is 0. The molecule has 45 heavy (non-hydrogen) atoms.